The van der Waals surface area contributed by atoms with E-state index in [9.17, 15) is 14.4 Å². The summed E-state index contributed by atoms with van der Waals surface area (Å²) in [5, 5.41) is 2.86. The first-order valence-electron chi connectivity index (χ1n) is 9.09. The van der Waals surface area contributed by atoms with Crippen LogP contribution < -0.4 is 5.32 Å². The highest BCUT2D eigenvalue weighted by molar-refractivity contribution is 6.09. The summed E-state index contributed by atoms with van der Waals surface area (Å²) >= 11 is 0. The molecular weight excluding hydrogens is 318 g/mol. The largest absolute Gasteiger partial charge is 0.334 e. The van der Waals surface area contributed by atoms with Gasteiger partial charge in [0.25, 0.3) is 5.91 Å². The second kappa shape index (κ2) is 6.17. The van der Waals surface area contributed by atoms with Crippen LogP contribution in [0.2, 0.25) is 0 Å². The molecule has 3 fully saturated rings. The molecule has 2 heterocycles. The molecule has 1 atom stereocenters. The smallest absolute Gasteiger partial charge is 0.325 e. The summed E-state index contributed by atoms with van der Waals surface area (Å²) < 4.78 is 0. The molecule has 6 heteroatoms. The number of likely N-dealkylation sites (tertiary alicyclic amines) is 1. The lowest BCUT2D eigenvalue weighted by Crippen LogP contribution is -2.51. The second-order valence-electron chi connectivity index (χ2n) is 7.27. The third kappa shape index (κ3) is 2.69. The molecule has 4 rings (SSSR count). The molecule has 0 bridgehead atoms. The van der Waals surface area contributed by atoms with Gasteiger partial charge in [-0.1, -0.05) is 49.6 Å². The summed E-state index contributed by atoms with van der Waals surface area (Å²) in [5.41, 5.74) is 0.340. The minimum atomic E-state index is -0.761. The van der Waals surface area contributed by atoms with Crippen LogP contribution in [-0.4, -0.2) is 46.3 Å². The van der Waals surface area contributed by atoms with Gasteiger partial charge in [0, 0.05) is 6.54 Å². The van der Waals surface area contributed by atoms with E-state index in [0.717, 1.165) is 36.1 Å². The second-order valence-corrected chi connectivity index (χ2v) is 7.27. The molecule has 25 heavy (non-hydrogen) atoms. The molecule has 1 aromatic rings. The molecule has 4 amide bonds. The van der Waals surface area contributed by atoms with Gasteiger partial charge in [0.2, 0.25) is 5.91 Å². The Morgan fingerprint density at radius 1 is 1.12 bits per heavy atom. The number of urea groups is 1. The van der Waals surface area contributed by atoms with Crippen LogP contribution in [0.1, 0.15) is 50.1 Å². The van der Waals surface area contributed by atoms with E-state index >= 15 is 0 Å². The molecule has 2 saturated heterocycles. The van der Waals surface area contributed by atoms with Gasteiger partial charge in [0.05, 0.1) is 6.04 Å². The van der Waals surface area contributed by atoms with Crippen molar-refractivity contribution in [3.63, 3.8) is 0 Å². The molecule has 0 unspecified atom stereocenters. The van der Waals surface area contributed by atoms with E-state index in [2.05, 4.69) is 5.32 Å². The van der Waals surface area contributed by atoms with Gasteiger partial charge < -0.3 is 10.2 Å². The van der Waals surface area contributed by atoms with Crippen LogP contribution >= 0.6 is 0 Å². The molecule has 1 spiro atoms. The Kier molecular flexibility index (Phi) is 3.98. The Morgan fingerprint density at radius 3 is 2.48 bits per heavy atom. The first-order valence-corrected chi connectivity index (χ1v) is 9.09. The van der Waals surface area contributed by atoms with Gasteiger partial charge >= 0.3 is 6.03 Å². The number of imide groups is 1. The van der Waals surface area contributed by atoms with Crippen molar-refractivity contribution in [1.82, 2.24) is 15.1 Å². The Hall–Kier alpha value is -2.37. The van der Waals surface area contributed by atoms with Gasteiger partial charge in [0.15, 0.2) is 0 Å². The van der Waals surface area contributed by atoms with Crippen molar-refractivity contribution in [1.29, 1.82) is 0 Å². The maximum absolute atomic E-state index is 12.8. The van der Waals surface area contributed by atoms with Crippen LogP contribution in [0.3, 0.4) is 0 Å². The predicted molar refractivity (Wildman–Crippen MR) is 91.6 cm³/mol. The molecule has 6 nitrogen and oxygen atoms in total. The summed E-state index contributed by atoms with van der Waals surface area (Å²) in [7, 11) is 0. The van der Waals surface area contributed by atoms with E-state index in [1.807, 2.05) is 30.3 Å². The normalized spacial score (nSPS) is 25.0. The fourth-order valence-corrected chi connectivity index (χ4v) is 4.25. The third-order valence-electron chi connectivity index (χ3n) is 5.77. The first-order chi connectivity index (χ1) is 12.1. The van der Waals surface area contributed by atoms with Crippen molar-refractivity contribution >= 4 is 17.8 Å². The van der Waals surface area contributed by atoms with Crippen LogP contribution in [0.4, 0.5) is 4.79 Å². The number of nitrogens with zero attached hydrogens (tertiary/aromatic N) is 2. The van der Waals surface area contributed by atoms with Crippen molar-refractivity contribution < 1.29 is 14.4 Å². The number of amides is 4. The average Bonchev–Trinajstić information content (AvgIpc) is 2.80. The molecular formula is C19H23N3O3. The van der Waals surface area contributed by atoms with E-state index in [0.29, 0.717) is 19.4 Å². The summed E-state index contributed by atoms with van der Waals surface area (Å²) in [6.45, 7) is 0.517. The number of carbonyl (C=O) groups is 3. The lowest BCUT2D eigenvalue weighted by molar-refractivity contribution is -0.144. The van der Waals surface area contributed by atoms with Crippen LogP contribution in [0.25, 0.3) is 0 Å². The highest BCUT2D eigenvalue weighted by atomic mass is 16.2. The molecule has 1 saturated carbocycles. The number of nitrogens with one attached hydrogen (secondary N) is 1. The third-order valence-corrected chi connectivity index (χ3v) is 5.77. The quantitative estimate of drug-likeness (QED) is 0.857. The van der Waals surface area contributed by atoms with E-state index in [1.54, 1.807) is 4.90 Å². The fraction of sp³-hybridized carbons (Fsp3) is 0.526. The van der Waals surface area contributed by atoms with E-state index < -0.39 is 11.6 Å². The van der Waals surface area contributed by atoms with Gasteiger partial charge in [-0.05, 0) is 24.8 Å². The summed E-state index contributed by atoms with van der Waals surface area (Å²) in [4.78, 5) is 40.6. The van der Waals surface area contributed by atoms with Crippen molar-refractivity contribution in [2.45, 2.75) is 50.1 Å². The van der Waals surface area contributed by atoms with Gasteiger partial charge in [0.1, 0.15) is 12.1 Å². The maximum atomic E-state index is 12.8. The fourth-order valence-electron chi connectivity index (χ4n) is 4.25. The molecule has 1 aromatic carbocycles. The Balaban J connectivity index is 1.44. The van der Waals surface area contributed by atoms with E-state index in [1.165, 1.54) is 0 Å². The SMILES string of the molecule is O=C1NC2(CCCCC2)C(=O)N1CC(=O)N1CC[C@H]1c1ccccc1. The standard InChI is InChI=1S/C19H23N3O3/c23-16(21-12-9-15(21)14-7-3-1-4-8-14)13-22-17(24)19(20-18(22)25)10-5-2-6-11-19/h1,3-4,7-8,15H,2,5-6,9-13H2,(H,20,25)/t15-/m0/s1. The zero-order valence-electron chi connectivity index (χ0n) is 14.2. The number of hydrogen-bond donors (Lipinski definition) is 1. The molecule has 0 radical (unpaired) electrons. The maximum Gasteiger partial charge on any atom is 0.325 e. The summed E-state index contributed by atoms with van der Waals surface area (Å²) in [6.07, 6.45) is 5.25. The lowest BCUT2D eigenvalue weighted by Gasteiger charge is -2.42. The minimum absolute atomic E-state index is 0.0538. The van der Waals surface area contributed by atoms with Crippen LogP contribution in [0.5, 0.6) is 0 Å². The molecule has 0 aromatic heterocycles. The number of rotatable bonds is 3. The van der Waals surface area contributed by atoms with E-state index in [4.69, 9.17) is 0 Å². The zero-order valence-corrected chi connectivity index (χ0v) is 14.2. The first kappa shape index (κ1) is 16.1. The van der Waals surface area contributed by atoms with Gasteiger partial charge in [-0.2, -0.15) is 0 Å². The van der Waals surface area contributed by atoms with Gasteiger partial charge in [-0.3, -0.25) is 14.5 Å². The monoisotopic (exact) mass is 341 g/mol. The van der Waals surface area contributed by atoms with Crippen LogP contribution in [0, 0.1) is 0 Å². The Morgan fingerprint density at radius 2 is 1.84 bits per heavy atom. The lowest BCUT2D eigenvalue weighted by atomic mass is 9.82. The highest BCUT2D eigenvalue weighted by Gasteiger charge is 2.52. The molecule has 2 aliphatic heterocycles. The molecule has 3 aliphatic rings. The summed E-state index contributed by atoms with van der Waals surface area (Å²) in [5.74, 6) is -0.376. The Labute approximate surface area is 147 Å². The van der Waals surface area contributed by atoms with Crippen molar-refractivity contribution in [2.75, 3.05) is 13.1 Å². The van der Waals surface area contributed by atoms with Crippen LogP contribution in [0.15, 0.2) is 30.3 Å². The molecule has 1 aliphatic carbocycles. The van der Waals surface area contributed by atoms with Crippen molar-refractivity contribution in [3.8, 4) is 0 Å². The number of carbonyl (C=O) groups excluding carboxylic acids is 3. The predicted octanol–water partition coefficient (Wildman–Crippen LogP) is 2.21. The number of benzene rings is 1. The summed E-state index contributed by atoms with van der Waals surface area (Å²) in [6, 6.07) is 9.52. The highest BCUT2D eigenvalue weighted by Crippen LogP contribution is 2.35. The van der Waals surface area contributed by atoms with Crippen molar-refractivity contribution in [2.24, 2.45) is 0 Å². The molecule has 132 valence electrons. The van der Waals surface area contributed by atoms with Gasteiger partial charge in [-0.15, -0.1) is 0 Å². The van der Waals surface area contributed by atoms with Crippen LogP contribution in [-0.2, 0) is 9.59 Å². The topological polar surface area (TPSA) is 69.7 Å². The van der Waals surface area contributed by atoms with E-state index in [-0.39, 0.29) is 24.4 Å². The van der Waals surface area contributed by atoms with Gasteiger partial charge in [-0.25, -0.2) is 4.79 Å². The number of hydrogen-bond acceptors (Lipinski definition) is 3. The zero-order chi connectivity index (χ0) is 17.4. The molecule has 1 N–H and O–H groups in total. The van der Waals surface area contributed by atoms with Crippen molar-refractivity contribution in [3.05, 3.63) is 35.9 Å². The minimum Gasteiger partial charge on any atom is -0.334 e. The Bertz CT molecular complexity index is 697. The average molecular weight is 341 g/mol.